The number of rotatable bonds is 3. The highest BCUT2D eigenvalue weighted by Crippen LogP contribution is 2.31. The average Bonchev–Trinajstić information content (AvgIpc) is 3.21. The summed E-state index contributed by atoms with van der Waals surface area (Å²) in [7, 11) is 0. The van der Waals surface area contributed by atoms with Crippen molar-refractivity contribution in [3.05, 3.63) is 48.1 Å². The van der Waals surface area contributed by atoms with Crippen LogP contribution in [0.3, 0.4) is 0 Å². The Labute approximate surface area is 201 Å². The van der Waals surface area contributed by atoms with Crippen LogP contribution < -0.4 is 5.32 Å². The minimum absolute atomic E-state index is 0. The van der Waals surface area contributed by atoms with E-state index in [1.54, 1.807) is 4.90 Å². The van der Waals surface area contributed by atoms with Crippen LogP contribution in [-0.2, 0) is 6.54 Å². The van der Waals surface area contributed by atoms with Gasteiger partial charge in [-0.05, 0) is 19.0 Å². The Kier molecular flexibility index (Phi) is 6.64. The van der Waals surface area contributed by atoms with Gasteiger partial charge in [0.05, 0.1) is 17.4 Å². The second kappa shape index (κ2) is 9.38. The van der Waals surface area contributed by atoms with Gasteiger partial charge in [-0.2, -0.15) is 18.3 Å². The number of alkyl halides is 3. The molecule has 0 spiro atoms. The van der Waals surface area contributed by atoms with Crippen LogP contribution in [0.15, 0.2) is 30.7 Å². The lowest BCUT2D eigenvalue weighted by Gasteiger charge is -2.19. The van der Waals surface area contributed by atoms with Crippen molar-refractivity contribution in [3.63, 3.8) is 0 Å². The van der Waals surface area contributed by atoms with Crippen LogP contribution in [-0.4, -0.2) is 67.3 Å². The van der Waals surface area contributed by atoms with E-state index in [0.717, 1.165) is 23.6 Å². The molecule has 1 aliphatic rings. The number of fused-ring (bicyclic) bond motifs is 2. The molecule has 1 fully saturated rings. The highest BCUT2D eigenvalue weighted by Gasteiger charge is 2.31. The second-order valence-electron chi connectivity index (χ2n) is 7.95. The van der Waals surface area contributed by atoms with E-state index in [9.17, 15) is 26.7 Å². The molecular formula is C21H19ClF5N7O. The van der Waals surface area contributed by atoms with Crippen molar-refractivity contribution in [1.29, 1.82) is 0 Å². The van der Waals surface area contributed by atoms with Crippen molar-refractivity contribution < 1.29 is 26.7 Å². The quantitative estimate of drug-likeness (QED) is 0.423. The molecule has 35 heavy (non-hydrogen) atoms. The van der Waals surface area contributed by atoms with Crippen molar-refractivity contribution in [2.24, 2.45) is 0 Å². The predicted molar refractivity (Wildman–Crippen MR) is 118 cm³/mol. The Balaban J connectivity index is 0.00000289. The fourth-order valence-electron chi connectivity index (χ4n) is 4.07. The lowest BCUT2D eigenvalue weighted by molar-refractivity contribution is -0.141. The van der Waals surface area contributed by atoms with Gasteiger partial charge in [-0.1, -0.05) is 0 Å². The standard InChI is InChI=1S/C21H18F5N7O.ClH/c22-12-6-14(23)19-29-9-17(32(19)10-12)18-13-8-28-15(20(34)31-4-1-2-27-3-5-31)7-16(13)33(30-18)11-21(24,25)26;/h6-10,27H,1-5,11H2;1H. The summed E-state index contributed by atoms with van der Waals surface area (Å²) in [5, 5.41) is 7.43. The zero-order valence-electron chi connectivity index (χ0n) is 18.0. The van der Waals surface area contributed by atoms with E-state index in [1.807, 2.05) is 0 Å². The Hall–Kier alpha value is -3.32. The SMILES string of the molecule is Cl.O=C(c1cc2c(cn1)c(-c1cnc3c(F)cc(F)cn13)nn2CC(F)(F)F)N1CCCNCC1. The van der Waals surface area contributed by atoms with E-state index in [4.69, 9.17) is 0 Å². The Morgan fingerprint density at radius 3 is 2.66 bits per heavy atom. The first-order chi connectivity index (χ1) is 16.2. The molecule has 1 amide bonds. The molecule has 4 aromatic rings. The molecule has 0 unspecified atom stereocenters. The number of carbonyl (C=O) groups excluding carboxylic acids is 1. The van der Waals surface area contributed by atoms with Gasteiger partial charge in [-0.15, -0.1) is 12.4 Å². The number of hydrogen-bond acceptors (Lipinski definition) is 5. The van der Waals surface area contributed by atoms with E-state index in [0.29, 0.717) is 30.4 Å². The normalized spacial score (nSPS) is 14.8. The monoisotopic (exact) mass is 515 g/mol. The van der Waals surface area contributed by atoms with E-state index >= 15 is 0 Å². The van der Waals surface area contributed by atoms with Crippen LogP contribution in [0.4, 0.5) is 22.0 Å². The Morgan fingerprint density at radius 2 is 1.89 bits per heavy atom. The van der Waals surface area contributed by atoms with Gasteiger partial charge in [0.1, 0.15) is 23.7 Å². The number of amides is 1. The summed E-state index contributed by atoms with van der Waals surface area (Å²) in [5.74, 6) is -2.21. The van der Waals surface area contributed by atoms with Crippen LogP contribution in [0.2, 0.25) is 0 Å². The molecule has 14 heteroatoms. The largest absolute Gasteiger partial charge is 0.408 e. The molecule has 5 rings (SSSR count). The number of halogens is 6. The number of aromatic nitrogens is 5. The molecule has 0 aliphatic carbocycles. The predicted octanol–water partition coefficient (Wildman–Crippen LogP) is 3.44. The molecule has 0 radical (unpaired) electrons. The van der Waals surface area contributed by atoms with Gasteiger partial charge >= 0.3 is 6.18 Å². The van der Waals surface area contributed by atoms with Crippen LogP contribution in [0.5, 0.6) is 0 Å². The van der Waals surface area contributed by atoms with Crippen molar-refractivity contribution in [2.75, 3.05) is 26.2 Å². The van der Waals surface area contributed by atoms with Crippen LogP contribution in [0, 0.1) is 11.6 Å². The number of nitrogens with one attached hydrogen (secondary N) is 1. The fourth-order valence-corrected chi connectivity index (χ4v) is 4.07. The lowest BCUT2D eigenvalue weighted by Crippen LogP contribution is -2.34. The third-order valence-corrected chi connectivity index (χ3v) is 5.58. The summed E-state index contributed by atoms with van der Waals surface area (Å²) in [4.78, 5) is 22.6. The van der Waals surface area contributed by atoms with Gasteiger partial charge in [-0.3, -0.25) is 18.9 Å². The first kappa shape index (κ1) is 24.8. The molecule has 8 nitrogen and oxygen atoms in total. The smallest absolute Gasteiger partial charge is 0.336 e. The first-order valence-electron chi connectivity index (χ1n) is 10.5. The number of carbonyl (C=O) groups is 1. The molecule has 186 valence electrons. The van der Waals surface area contributed by atoms with Gasteiger partial charge in [0, 0.05) is 43.5 Å². The number of hydrogen-bond donors (Lipinski definition) is 1. The highest BCUT2D eigenvalue weighted by atomic mass is 35.5. The fraction of sp³-hybridized carbons (Fsp3) is 0.333. The lowest BCUT2D eigenvalue weighted by atomic mass is 10.2. The summed E-state index contributed by atoms with van der Waals surface area (Å²) < 4.78 is 69.6. The Bertz CT molecular complexity index is 1390. The van der Waals surface area contributed by atoms with Gasteiger partial charge in [-0.25, -0.2) is 13.8 Å². The summed E-state index contributed by atoms with van der Waals surface area (Å²) >= 11 is 0. The molecule has 0 saturated carbocycles. The molecule has 0 atom stereocenters. The van der Waals surface area contributed by atoms with Crippen molar-refractivity contribution in [1.82, 2.24) is 34.4 Å². The minimum Gasteiger partial charge on any atom is -0.336 e. The summed E-state index contributed by atoms with van der Waals surface area (Å²) in [5.41, 5.74) is -0.115. The zero-order chi connectivity index (χ0) is 24.0. The maximum atomic E-state index is 14.1. The maximum Gasteiger partial charge on any atom is 0.408 e. The molecule has 1 aliphatic heterocycles. The van der Waals surface area contributed by atoms with Crippen LogP contribution in [0.1, 0.15) is 16.9 Å². The van der Waals surface area contributed by atoms with Gasteiger partial charge in [0.25, 0.3) is 5.91 Å². The minimum atomic E-state index is -4.60. The molecule has 5 heterocycles. The topological polar surface area (TPSA) is 80.4 Å². The molecule has 4 aromatic heterocycles. The van der Waals surface area contributed by atoms with E-state index in [-0.39, 0.29) is 46.0 Å². The molecule has 0 bridgehead atoms. The summed E-state index contributed by atoms with van der Waals surface area (Å²) in [6.07, 6.45) is -0.443. The van der Waals surface area contributed by atoms with Crippen LogP contribution >= 0.6 is 12.4 Å². The summed E-state index contributed by atoms with van der Waals surface area (Å²) in [6, 6.07) is 1.92. The van der Waals surface area contributed by atoms with Crippen molar-refractivity contribution in [2.45, 2.75) is 19.1 Å². The van der Waals surface area contributed by atoms with E-state index in [2.05, 4.69) is 20.4 Å². The Morgan fingerprint density at radius 1 is 1.09 bits per heavy atom. The van der Waals surface area contributed by atoms with E-state index < -0.39 is 30.3 Å². The van der Waals surface area contributed by atoms with Gasteiger partial charge in [0.2, 0.25) is 0 Å². The molecule has 1 saturated heterocycles. The number of nitrogens with zero attached hydrogens (tertiary/aromatic N) is 6. The van der Waals surface area contributed by atoms with Crippen LogP contribution in [0.25, 0.3) is 27.9 Å². The third-order valence-electron chi connectivity index (χ3n) is 5.58. The van der Waals surface area contributed by atoms with Gasteiger partial charge < -0.3 is 10.2 Å². The van der Waals surface area contributed by atoms with Crippen molar-refractivity contribution >= 4 is 34.9 Å². The number of pyridine rings is 2. The average molecular weight is 516 g/mol. The van der Waals surface area contributed by atoms with Gasteiger partial charge in [0.15, 0.2) is 11.5 Å². The first-order valence-corrected chi connectivity index (χ1v) is 10.5. The maximum absolute atomic E-state index is 14.1. The highest BCUT2D eigenvalue weighted by molar-refractivity contribution is 5.99. The van der Waals surface area contributed by atoms with Crippen molar-refractivity contribution in [3.8, 4) is 11.4 Å². The second-order valence-corrected chi connectivity index (χ2v) is 7.95. The van der Waals surface area contributed by atoms with E-state index in [1.165, 1.54) is 18.5 Å². The summed E-state index contributed by atoms with van der Waals surface area (Å²) in [6.45, 7) is 0.889. The zero-order valence-corrected chi connectivity index (χ0v) is 18.8. The molecule has 0 aromatic carbocycles. The molecular weight excluding hydrogens is 497 g/mol. The number of imidazole rings is 1. The third kappa shape index (κ3) is 4.78. The molecule has 1 N–H and O–H groups in total.